The highest BCUT2D eigenvalue weighted by Gasteiger charge is 2.24. The molecule has 0 aliphatic rings. The summed E-state index contributed by atoms with van der Waals surface area (Å²) in [5, 5.41) is 0. The van der Waals surface area contributed by atoms with E-state index in [1.807, 2.05) is 0 Å². The van der Waals surface area contributed by atoms with Crippen LogP contribution in [0.5, 0.6) is 0 Å². The SMILES string of the molecule is CCCCN(C(C)CC)C(CN)c1cc(Br)c(Cl)s1. The number of rotatable bonds is 8. The van der Waals surface area contributed by atoms with Crippen molar-refractivity contribution in [3.8, 4) is 0 Å². The Morgan fingerprint density at radius 1 is 1.47 bits per heavy atom. The summed E-state index contributed by atoms with van der Waals surface area (Å²) in [5.74, 6) is 0. The Hall–Kier alpha value is 0.390. The molecule has 2 unspecified atom stereocenters. The van der Waals surface area contributed by atoms with Gasteiger partial charge in [-0.25, -0.2) is 0 Å². The summed E-state index contributed by atoms with van der Waals surface area (Å²) in [6, 6.07) is 2.93. The average molecular weight is 368 g/mol. The second-order valence-corrected chi connectivity index (χ2v) is 7.41. The Morgan fingerprint density at radius 2 is 2.16 bits per heavy atom. The molecule has 1 heterocycles. The average Bonchev–Trinajstić information content (AvgIpc) is 2.73. The van der Waals surface area contributed by atoms with Crippen molar-refractivity contribution in [2.45, 2.75) is 52.1 Å². The fourth-order valence-electron chi connectivity index (χ4n) is 2.20. The molecule has 1 aromatic rings. The predicted molar refractivity (Wildman–Crippen MR) is 90.2 cm³/mol. The number of thiophene rings is 1. The molecule has 1 rings (SSSR count). The van der Waals surface area contributed by atoms with Crippen LogP contribution in [0, 0.1) is 0 Å². The van der Waals surface area contributed by atoms with E-state index in [0.717, 1.165) is 21.8 Å². The number of unbranched alkanes of at least 4 members (excludes halogenated alkanes) is 1. The van der Waals surface area contributed by atoms with Crippen molar-refractivity contribution in [2.24, 2.45) is 5.73 Å². The maximum atomic E-state index is 6.17. The van der Waals surface area contributed by atoms with Crippen LogP contribution in [-0.2, 0) is 0 Å². The highest BCUT2D eigenvalue weighted by molar-refractivity contribution is 9.10. The van der Waals surface area contributed by atoms with E-state index < -0.39 is 0 Å². The van der Waals surface area contributed by atoms with E-state index in [-0.39, 0.29) is 6.04 Å². The predicted octanol–water partition coefficient (Wildman–Crippen LogP) is 5.06. The molecule has 2 nitrogen and oxygen atoms in total. The molecule has 1 aromatic heterocycles. The topological polar surface area (TPSA) is 29.3 Å². The molecule has 19 heavy (non-hydrogen) atoms. The van der Waals surface area contributed by atoms with Crippen LogP contribution in [0.3, 0.4) is 0 Å². The molecule has 110 valence electrons. The minimum Gasteiger partial charge on any atom is -0.329 e. The molecule has 0 aliphatic carbocycles. The van der Waals surface area contributed by atoms with Crippen molar-refractivity contribution in [1.82, 2.24) is 4.90 Å². The van der Waals surface area contributed by atoms with E-state index in [9.17, 15) is 0 Å². The van der Waals surface area contributed by atoms with Gasteiger partial charge in [0.2, 0.25) is 0 Å². The van der Waals surface area contributed by atoms with E-state index in [1.165, 1.54) is 17.7 Å². The molecule has 0 amide bonds. The van der Waals surface area contributed by atoms with Gasteiger partial charge in [-0.15, -0.1) is 11.3 Å². The van der Waals surface area contributed by atoms with Gasteiger partial charge in [0.25, 0.3) is 0 Å². The van der Waals surface area contributed by atoms with Gasteiger partial charge in [-0.05, 0) is 48.3 Å². The zero-order valence-electron chi connectivity index (χ0n) is 12.0. The van der Waals surface area contributed by atoms with Crippen molar-refractivity contribution >= 4 is 38.9 Å². The van der Waals surface area contributed by atoms with Gasteiger partial charge in [-0.2, -0.15) is 0 Å². The minimum atomic E-state index is 0.273. The van der Waals surface area contributed by atoms with E-state index in [0.29, 0.717) is 12.6 Å². The highest BCUT2D eigenvalue weighted by atomic mass is 79.9. The van der Waals surface area contributed by atoms with E-state index in [1.54, 1.807) is 11.3 Å². The number of hydrogen-bond acceptors (Lipinski definition) is 3. The first-order valence-corrected chi connectivity index (χ1v) is 8.94. The summed E-state index contributed by atoms with van der Waals surface area (Å²) in [4.78, 5) is 3.79. The van der Waals surface area contributed by atoms with Crippen molar-refractivity contribution in [3.63, 3.8) is 0 Å². The largest absolute Gasteiger partial charge is 0.329 e. The van der Waals surface area contributed by atoms with Crippen molar-refractivity contribution in [3.05, 3.63) is 19.8 Å². The molecule has 0 spiro atoms. The Bertz CT molecular complexity index is 364. The third-order valence-electron chi connectivity index (χ3n) is 3.54. The molecule has 0 radical (unpaired) electrons. The standard InChI is InChI=1S/C14H24BrClN2S/c1-4-6-7-18(10(3)5-2)12(9-17)13-8-11(15)14(16)19-13/h8,10,12H,4-7,9,17H2,1-3H3. The Labute approximate surface area is 134 Å². The monoisotopic (exact) mass is 366 g/mol. The second kappa shape index (κ2) is 8.63. The van der Waals surface area contributed by atoms with Crippen LogP contribution in [-0.4, -0.2) is 24.0 Å². The molecule has 2 atom stereocenters. The highest BCUT2D eigenvalue weighted by Crippen LogP contribution is 2.37. The zero-order valence-corrected chi connectivity index (χ0v) is 15.1. The van der Waals surface area contributed by atoms with Gasteiger partial charge in [0.05, 0.1) is 6.04 Å². The van der Waals surface area contributed by atoms with E-state index >= 15 is 0 Å². The molecule has 0 bridgehead atoms. The number of halogens is 2. The van der Waals surface area contributed by atoms with Crippen molar-refractivity contribution < 1.29 is 0 Å². The summed E-state index contributed by atoms with van der Waals surface area (Å²) in [5.41, 5.74) is 6.04. The maximum Gasteiger partial charge on any atom is 0.107 e. The van der Waals surface area contributed by atoms with Gasteiger partial charge in [-0.3, -0.25) is 4.90 Å². The number of nitrogens with two attached hydrogens (primary N) is 1. The molecule has 0 saturated heterocycles. The van der Waals surface area contributed by atoms with E-state index in [4.69, 9.17) is 17.3 Å². The first-order valence-electron chi connectivity index (χ1n) is 6.95. The van der Waals surface area contributed by atoms with Gasteiger partial charge >= 0.3 is 0 Å². The number of hydrogen-bond donors (Lipinski definition) is 1. The fraction of sp³-hybridized carbons (Fsp3) is 0.714. The van der Waals surface area contributed by atoms with Crippen LogP contribution in [0.25, 0.3) is 0 Å². The van der Waals surface area contributed by atoms with Crippen LogP contribution in [0.2, 0.25) is 4.34 Å². The van der Waals surface area contributed by atoms with Crippen LogP contribution < -0.4 is 5.73 Å². The molecular formula is C14H24BrClN2S. The normalized spacial score (nSPS) is 14.9. The molecule has 2 N–H and O–H groups in total. The first kappa shape index (κ1) is 17.4. The third-order valence-corrected chi connectivity index (χ3v) is 6.12. The van der Waals surface area contributed by atoms with Gasteiger partial charge < -0.3 is 5.73 Å². The fourth-order valence-corrected chi connectivity index (χ4v) is 4.07. The molecule has 0 fully saturated rings. The molecule has 0 saturated carbocycles. The number of nitrogens with zero attached hydrogens (tertiary/aromatic N) is 1. The molecule has 0 aliphatic heterocycles. The van der Waals surface area contributed by atoms with Crippen LogP contribution in [0.1, 0.15) is 51.0 Å². The lowest BCUT2D eigenvalue weighted by molar-refractivity contribution is 0.143. The lowest BCUT2D eigenvalue weighted by Gasteiger charge is -2.35. The van der Waals surface area contributed by atoms with Crippen LogP contribution >= 0.6 is 38.9 Å². The van der Waals surface area contributed by atoms with Gasteiger partial charge in [-0.1, -0.05) is 31.9 Å². The minimum absolute atomic E-state index is 0.273. The van der Waals surface area contributed by atoms with Gasteiger partial charge in [0, 0.05) is 21.9 Å². The molecule has 0 aromatic carbocycles. The van der Waals surface area contributed by atoms with Crippen LogP contribution in [0.4, 0.5) is 0 Å². The van der Waals surface area contributed by atoms with Crippen molar-refractivity contribution in [2.75, 3.05) is 13.1 Å². The second-order valence-electron chi connectivity index (χ2n) is 4.87. The van der Waals surface area contributed by atoms with Gasteiger partial charge in [0.1, 0.15) is 4.34 Å². The Kier molecular flexibility index (Phi) is 7.92. The summed E-state index contributed by atoms with van der Waals surface area (Å²) >= 11 is 11.3. The smallest absolute Gasteiger partial charge is 0.107 e. The molecular weight excluding hydrogens is 344 g/mol. The third kappa shape index (κ3) is 4.71. The zero-order chi connectivity index (χ0) is 14.4. The quantitative estimate of drug-likeness (QED) is 0.695. The van der Waals surface area contributed by atoms with Gasteiger partial charge in [0.15, 0.2) is 0 Å². The van der Waals surface area contributed by atoms with Crippen molar-refractivity contribution in [1.29, 1.82) is 0 Å². The Balaban J connectivity index is 2.94. The van der Waals surface area contributed by atoms with E-state index in [2.05, 4.69) is 47.7 Å². The lowest BCUT2D eigenvalue weighted by atomic mass is 10.1. The van der Waals surface area contributed by atoms with Crippen LogP contribution in [0.15, 0.2) is 10.5 Å². The molecule has 5 heteroatoms. The Morgan fingerprint density at radius 3 is 2.58 bits per heavy atom. The summed E-state index contributed by atoms with van der Waals surface area (Å²) < 4.78 is 1.79. The summed E-state index contributed by atoms with van der Waals surface area (Å²) in [7, 11) is 0. The maximum absolute atomic E-state index is 6.17. The lowest BCUT2D eigenvalue weighted by Crippen LogP contribution is -2.40. The summed E-state index contributed by atoms with van der Waals surface area (Å²) in [6.45, 7) is 8.47. The summed E-state index contributed by atoms with van der Waals surface area (Å²) in [6.07, 6.45) is 3.56. The first-order chi connectivity index (χ1) is 9.04.